The van der Waals surface area contributed by atoms with Crippen LogP contribution in [0.1, 0.15) is 84.0 Å². The van der Waals surface area contributed by atoms with Crippen molar-refractivity contribution in [1.82, 2.24) is 24.9 Å². The van der Waals surface area contributed by atoms with Crippen LogP contribution >= 0.6 is 0 Å². The number of benzene rings is 1. The first-order chi connectivity index (χ1) is 27.7. The fraction of sp³-hybridized carbons (Fsp3) is 0.340. The van der Waals surface area contributed by atoms with E-state index in [4.69, 9.17) is 33.9 Å². The molecule has 0 spiro atoms. The van der Waals surface area contributed by atoms with Gasteiger partial charge in [-0.05, 0) is 73.9 Å². The predicted octanol–water partition coefficient (Wildman–Crippen LogP) is 11.4. The normalized spacial score (nSPS) is 14.9. The minimum Gasteiger partial charge on any atom is -0.499 e. The molecule has 0 amide bonds. The molecule has 10 heterocycles. The van der Waals surface area contributed by atoms with Crippen molar-refractivity contribution in [2.45, 2.75) is 90.3 Å². The Morgan fingerprint density at radius 2 is 1.26 bits per heavy atom. The van der Waals surface area contributed by atoms with Gasteiger partial charge in [0.15, 0.2) is 0 Å². The Kier molecular flexibility index (Phi) is 16.0. The molecule has 0 saturated carbocycles. The molecule has 0 N–H and O–H groups in total. The first-order valence-corrected chi connectivity index (χ1v) is 20.2. The number of rotatable bonds is 7. The Balaban J connectivity index is 0.00000549. The summed E-state index contributed by atoms with van der Waals surface area (Å²) in [7, 11) is 0. The van der Waals surface area contributed by atoms with Gasteiger partial charge in [-0.2, -0.15) is 0 Å². The van der Waals surface area contributed by atoms with Crippen molar-refractivity contribution in [3.8, 4) is 68.3 Å². The third-order valence-corrected chi connectivity index (χ3v) is 9.74. The van der Waals surface area contributed by atoms with Crippen LogP contribution in [0, 0.1) is 6.07 Å². The van der Waals surface area contributed by atoms with Gasteiger partial charge >= 0.3 is 0 Å². The largest absolute Gasteiger partial charge is 0.499 e. The number of unbranched alkanes of at least 4 members (excludes halogenated alkanes) is 4. The summed E-state index contributed by atoms with van der Waals surface area (Å²) in [5.74, 6) is 2.73. The van der Waals surface area contributed by atoms with Gasteiger partial charge in [0.1, 0.15) is 17.2 Å². The zero-order valence-electron chi connectivity index (χ0n) is 32.6. The molecule has 5 aliphatic rings. The summed E-state index contributed by atoms with van der Waals surface area (Å²) < 4.78 is 25.6. The fourth-order valence-electron chi connectivity index (χ4n) is 6.70. The fourth-order valence-corrected chi connectivity index (χ4v) is 6.70. The molecule has 0 fully saturated rings. The summed E-state index contributed by atoms with van der Waals surface area (Å²) >= 11 is 0. The molecule has 0 aliphatic carbocycles. The van der Waals surface area contributed by atoms with E-state index < -0.39 is 6.29 Å². The first kappa shape index (κ1) is 41.5. The van der Waals surface area contributed by atoms with Crippen LogP contribution < -0.4 is 18.9 Å². The van der Waals surface area contributed by atoms with E-state index in [-0.39, 0.29) is 20.4 Å². The van der Waals surface area contributed by atoms with Crippen LogP contribution in [0.4, 0.5) is 0 Å². The topological polar surface area (TPSA) is 101 Å². The van der Waals surface area contributed by atoms with Gasteiger partial charge in [0, 0.05) is 50.6 Å². The van der Waals surface area contributed by atoms with Crippen molar-refractivity contribution in [3.63, 3.8) is 0 Å². The molecule has 1 atom stereocenters. The summed E-state index contributed by atoms with van der Waals surface area (Å²) in [5, 5.41) is 0. The van der Waals surface area contributed by atoms with Crippen molar-refractivity contribution < 1.29 is 39.4 Å². The number of hydrogen-bond donors (Lipinski definition) is 0. The zero-order chi connectivity index (χ0) is 38.2. The maximum Gasteiger partial charge on any atom is 0.233 e. The average molecular weight is 935 g/mol. The maximum atomic E-state index is 6.74. The predicted molar refractivity (Wildman–Crippen MR) is 220 cm³/mol. The van der Waals surface area contributed by atoms with E-state index >= 15 is 0 Å². The smallest absolute Gasteiger partial charge is 0.233 e. The zero-order valence-corrected chi connectivity index (χ0v) is 35.3. The number of ether oxygens (including phenoxy) is 4. The molecule has 11 rings (SSSR count). The summed E-state index contributed by atoms with van der Waals surface area (Å²) in [6.45, 7) is 3.51. The molecule has 8 bridgehead atoms. The van der Waals surface area contributed by atoms with Crippen LogP contribution in [-0.2, 0) is 20.4 Å². The van der Waals surface area contributed by atoms with Gasteiger partial charge in [0.05, 0.1) is 54.1 Å². The SMILES string of the molecule is CCCCCCCC1Oc2ccc(nc2)-c2cccc(n2)-c2ccc(cn2)OCCCCCCCCOc2cccnc2-c2[c-]c(-c3ccccn3)c(cc2)O1.[Re]. The molecule has 295 valence electrons. The molecule has 57 heavy (non-hydrogen) atoms. The van der Waals surface area contributed by atoms with Gasteiger partial charge in [-0.15, -0.1) is 12.1 Å². The minimum atomic E-state index is -0.570. The number of aromatic nitrogens is 5. The van der Waals surface area contributed by atoms with Crippen molar-refractivity contribution in [2.75, 3.05) is 13.2 Å². The monoisotopic (exact) mass is 935 g/mol. The molecule has 1 unspecified atom stereocenters. The third kappa shape index (κ3) is 11.9. The Labute approximate surface area is 350 Å². The molecule has 5 aromatic heterocycles. The van der Waals surface area contributed by atoms with Gasteiger partial charge in [-0.1, -0.05) is 93.7 Å². The number of hydrogen-bond acceptors (Lipinski definition) is 9. The third-order valence-electron chi connectivity index (χ3n) is 9.74. The minimum absolute atomic E-state index is 0. The number of nitrogens with zero attached hydrogens (tertiary/aromatic N) is 5. The van der Waals surface area contributed by atoms with E-state index in [0.29, 0.717) is 31.1 Å². The first-order valence-electron chi connectivity index (χ1n) is 20.2. The Morgan fingerprint density at radius 3 is 1.98 bits per heavy atom. The van der Waals surface area contributed by atoms with E-state index in [1.54, 1.807) is 24.8 Å². The van der Waals surface area contributed by atoms with E-state index in [0.717, 1.165) is 108 Å². The molecule has 6 aromatic rings. The van der Waals surface area contributed by atoms with Crippen LogP contribution in [0.2, 0.25) is 0 Å². The molecule has 1 radical (unpaired) electrons. The Bertz CT molecular complexity index is 2100. The van der Waals surface area contributed by atoms with Crippen molar-refractivity contribution in [3.05, 3.63) is 116 Å². The second-order valence-corrected chi connectivity index (χ2v) is 14.0. The molecule has 5 aliphatic heterocycles. The second-order valence-electron chi connectivity index (χ2n) is 14.0. The van der Waals surface area contributed by atoms with Crippen LogP contribution in [0.15, 0.2) is 110 Å². The van der Waals surface area contributed by atoms with Gasteiger partial charge in [0.25, 0.3) is 0 Å². The standard InChI is InChI=1S/C47H50N5O4.Re/c1-2-3-4-7-10-21-46-55-37-24-26-41(51-34-37)43-19-15-18-42(52-43)40-25-23-36(33-50-40)53-30-13-8-5-6-9-14-31-54-45-20-16-29-49-47(45)35-22-27-44(56-46)38(32-35)39-17-11-12-28-48-39;/h11-12,15-20,22-29,33-34,46H,2-10,13-14,21,30-31H2,1H3;/q-1;. The number of fused-ring (bicyclic) bond motifs is 1. The number of pyridine rings is 5. The molecule has 9 nitrogen and oxygen atoms in total. The summed E-state index contributed by atoms with van der Waals surface area (Å²) in [6, 6.07) is 30.9. The Morgan fingerprint density at radius 1 is 0.561 bits per heavy atom. The molecule has 1 aromatic carbocycles. The summed E-state index contributed by atoms with van der Waals surface area (Å²) in [4.78, 5) is 23.7. The molecular formula is C47H50N5O4Re-. The van der Waals surface area contributed by atoms with Crippen molar-refractivity contribution in [2.24, 2.45) is 0 Å². The molecular weight excluding hydrogens is 885 g/mol. The van der Waals surface area contributed by atoms with E-state index in [2.05, 4.69) is 23.0 Å². The second kappa shape index (κ2) is 22.0. The van der Waals surface area contributed by atoms with Crippen LogP contribution in [0.25, 0.3) is 45.3 Å². The summed E-state index contributed by atoms with van der Waals surface area (Å²) in [5.41, 5.74) is 6.03. The van der Waals surface area contributed by atoms with Crippen molar-refractivity contribution >= 4 is 0 Å². The quantitative estimate of drug-likeness (QED) is 0.114. The summed E-state index contributed by atoms with van der Waals surface area (Å²) in [6.07, 6.45) is 19.3. The average Bonchev–Trinajstić information content (AvgIpc) is 3.25. The van der Waals surface area contributed by atoms with Gasteiger partial charge in [-0.3, -0.25) is 19.9 Å². The van der Waals surface area contributed by atoms with Gasteiger partial charge in [0.2, 0.25) is 6.29 Å². The molecule has 0 saturated heterocycles. The van der Waals surface area contributed by atoms with E-state index in [1.807, 2.05) is 84.9 Å². The van der Waals surface area contributed by atoms with Crippen molar-refractivity contribution in [1.29, 1.82) is 0 Å². The maximum absolute atomic E-state index is 6.74. The van der Waals surface area contributed by atoms with Gasteiger partial charge < -0.3 is 18.9 Å². The van der Waals surface area contributed by atoms with Gasteiger partial charge in [-0.25, -0.2) is 4.98 Å². The molecule has 10 heteroatoms. The van der Waals surface area contributed by atoms with Crippen LogP contribution in [0.3, 0.4) is 0 Å². The van der Waals surface area contributed by atoms with Crippen LogP contribution in [-0.4, -0.2) is 44.4 Å². The Hall–Kier alpha value is -5.17. The van der Waals surface area contributed by atoms with Crippen LogP contribution in [0.5, 0.6) is 23.0 Å². The van der Waals surface area contributed by atoms with E-state index in [9.17, 15) is 0 Å². The van der Waals surface area contributed by atoms with E-state index in [1.165, 1.54) is 19.3 Å².